The van der Waals surface area contributed by atoms with Crippen LogP contribution in [0.1, 0.15) is 18.1 Å². The Morgan fingerprint density at radius 2 is 2.14 bits per heavy atom. The molecular formula is C19H29FN6OS. The number of likely N-dealkylation sites (N-methyl/N-ethyl adjacent to an activating group) is 1. The van der Waals surface area contributed by atoms with Gasteiger partial charge in [0.25, 0.3) is 0 Å². The van der Waals surface area contributed by atoms with Crippen LogP contribution >= 0.6 is 11.8 Å². The van der Waals surface area contributed by atoms with E-state index in [4.69, 9.17) is 4.74 Å². The Morgan fingerprint density at radius 1 is 1.36 bits per heavy atom. The van der Waals surface area contributed by atoms with Gasteiger partial charge in [-0.25, -0.2) is 9.38 Å². The first kappa shape index (κ1) is 22.0. The van der Waals surface area contributed by atoms with E-state index < -0.39 is 0 Å². The van der Waals surface area contributed by atoms with E-state index in [9.17, 15) is 4.39 Å². The molecule has 0 fully saturated rings. The largest absolute Gasteiger partial charge is 0.489 e. The quantitative estimate of drug-likeness (QED) is 0.370. The predicted molar refractivity (Wildman–Crippen MR) is 112 cm³/mol. The highest BCUT2D eigenvalue weighted by molar-refractivity contribution is 7.98. The lowest BCUT2D eigenvalue weighted by molar-refractivity contribution is 0.270. The lowest BCUT2D eigenvalue weighted by Gasteiger charge is -2.22. The van der Waals surface area contributed by atoms with Gasteiger partial charge in [-0.2, -0.15) is 11.8 Å². The molecule has 0 saturated heterocycles. The standard InChI is InChI=1S/C19H29FN6OS/c1-15-23-24-18(26(15)3)14-22-19(21-10-7-13-28-4)25(2)11-12-27-17-9-6-5-8-16(17)20/h5-6,8-9H,7,10-14H2,1-4H3,(H,21,22). The zero-order valence-corrected chi connectivity index (χ0v) is 17.8. The third kappa shape index (κ3) is 6.70. The van der Waals surface area contributed by atoms with Crippen molar-refractivity contribution in [1.82, 2.24) is 25.0 Å². The summed E-state index contributed by atoms with van der Waals surface area (Å²) in [5.41, 5.74) is 0. The second-order valence-corrected chi connectivity index (χ2v) is 7.32. The molecule has 0 radical (unpaired) electrons. The van der Waals surface area contributed by atoms with Crippen LogP contribution in [0.2, 0.25) is 0 Å². The summed E-state index contributed by atoms with van der Waals surface area (Å²) in [7, 11) is 3.87. The van der Waals surface area contributed by atoms with Gasteiger partial charge in [0.15, 0.2) is 23.4 Å². The molecule has 7 nitrogen and oxygen atoms in total. The van der Waals surface area contributed by atoms with Gasteiger partial charge < -0.3 is 19.5 Å². The van der Waals surface area contributed by atoms with Crippen LogP contribution in [-0.2, 0) is 13.6 Å². The van der Waals surface area contributed by atoms with Gasteiger partial charge in [-0.05, 0) is 37.5 Å². The summed E-state index contributed by atoms with van der Waals surface area (Å²) < 4.78 is 21.2. The van der Waals surface area contributed by atoms with Gasteiger partial charge in [-0.15, -0.1) is 10.2 Å². The van der Waals surface area contributed by atoms with Crippen molar-refractivity contribution in [2.24, 2.45) is 12.0 Å². The topological polar surface area (TPSA) is 67.6 Å². The highest BCUT2D eigenvalue weighted by Crippen LogP contribution is 2.15. The minimum Gasteiger partial charge on any atom is -0.489 e. The van der Waals surface area contributed by atoms with Crippen molar-refractivity contribution < 1.29 is 9.13 Å². The number of guanidine groups is 1. The lowest BCUT2D eigenvalue weighted by atomic mass is 10.3. The Bertz CT molecular complexity index is 767. The average Bonchev–Trinajstić information content (AvgIpc) is 3.01. The van der Waals surface area contributed by atoms with Gasteiger partial charge in [-0.1, -0.05) is 12.1 Å². The maximum atomic E-state index is 13.7. The van der Waals surface area contributed by atoms with Gasteiger partial charge in [-0.3, -0.25) is 0 Å². The minimum atomic E-state index is -0.355. The SMILES string of the molecule is CSCCCNC(=NCc1nnc(C)n1C)N(C)CCOc1ccccc1F. The summed E-state index contributed by atoms with van der Waals surface area (Å²) in [5, 5.41) is 11.6. The number of para-hydroxylation sites is 1. The third-order valence-corrected chi connectivity index (χ3v) is 4.94. The summed E-state index contributed by atoms with van der Waals surface area (Å²) in [5.74, 6) is 3.41. The van der Waals surface area contributed by atoms with E-state index in [1.54, 1.807) is 18.2 Å². The molecule has 1 heterocycles. The van der Waals surface area contributed by atoms with E-state index in [-0.39, 0.29) is 11.6 Å². The summed E-state index contributed by atoms with van der Waals surface area (Å²) in [6, 6.07) is 6.42. The van der Waals surface area contributed by atoms with Gasteiger partial charge >= 0.3 is 0 Å². The normalized spacial score (nSPS) is 11.5. The first-order valence-electron chi connectivity index (χ1n) is 9.23. The molecule has 0 spiro atoms. The van der Waals surface area contributed by atoms with Gasteiger partial charge in [0.05, 0.1) is 6.54 Å². The Labute approximate surface area is 170 Å². The Morgan fingerprint density at radius 3 is 2.82 bits per heavy atom. The number of halogens is 1. The van der Waals surface area contributed by atoms with Crippen LogP contribution in [0.5, 0.6) is 5.75 Å². The molecule has 0 saturated carbocycles. The number of ether oxygens (including phenoxy) is 1. The Balaban J connectivity index is 1.95. The van der Waals surface area contributed by atoms with Crippen LogP contribution in [0.15, 0.2) is 29.3 Å². The van der Waals surface area contributed by atoms with Crippen molar-refractivity contribution in [3.8, 4) is 5.75 Å². The average molecular weight is 409 g/mol. The maximum Gasteiger partial charge on any atom is 0.194 e. The number of aryl methyl sites for hydroxylation is 1. The molecule has 2 rings (SSSR count). The Kier molecular flexibility index (Phi) is 9.06. The summed E-state index contributed by atoms with van der Waals surface area (Å²) in [6.45, 7) is 4.09. The number of rotatable bonds is 10. The predicted octanol–water partition coefficient (Wildman–Crippen LogP) is 2.47. The first-order chi connectivity index (χ1) is 13.5. The fraction of sp³-hybridized carbons (Fsp3) is 0.526. The van der Waals surface area contributed by atoms with Crippen LogP contribution in [0, 0.1) is 12.7 Å². The molecule has 1 aromatic carbocycles. The van der Waals surface area contributed by atoms with Crippen LogP contribution in [0.25, 0.3) is 0 Å². The molecule has 0 aliphatic heterocycles. The maximum absolute atomic E-state index is 13.7. The third-order valence-electron chi connectivity index (χ3n) is 4.24. The van der Waals surface area contributed by atoms with E-state index in [2.05, 4.69) is 26.8 Å². The smallest absolute Gasteiger partial charge is 0.194 e. The number of hydrogen-bond donors (Lipinski definition) is 1. The van der Waals surface area contributed by atoms with E-state index >= 15 is 0 Å². The monoisotopic (exact) mass is 408 g/mol. The molecule has 0 unspecified atom stereocenters. The van der Waals surface area contributed by atoms with Crippen molar-refractivity contribution in [2.45, 2.75) is 19.9 Å². The number of nitrogens with zero attached hydrogens (tertiary/aromatic N) is 5. The molecule has 1 aromatic heterocycles. The van der Waals surface area contributed by atoms with Crippen molar-refractivity contribution in [3.05, 3.63) is 41.7 Å². The van der Waals surface area contributed by atoms with E-state index in [1.165, 1.54) is 6.07 Å². The van der Waals surface area contributed by atoms with Crippen LogP contribution in [-0.4, -0.2) is 64.4 Å². The fourth-order valence-electron chi connectivity index (χ4n) is 2.42. The van der Waals surface area contributed by atoms with Crippen molar-refractivity contribution >= 4 is 17.7 Å². The molecule has 28 heavy (non-hydrogen) atoms. The number of hydrogen-bond acceptors (Lipinski definition) is 5. The number of thioether (sulfide) groups is 1. The molecule has 0 atom stereocenters. The molecule has 2 aromatic rings. The highest BCUT2D eigenvalue weighted by atomic mass is 32.2. The van der Waals surface area contributed by atoms with Gasteiger partial charge in [0.1, 0.15) is 19.0 Å². The molecule has 1 N–H and O–H groups in total. The number of nitrogens with one attached hydrogen (secondary N) is 1. The molecule has 9 heteroatoms. The van der Waals surface area contributed by atoms with Crippen LogP contribution < -0.4 is 10.1 Å². The second kappa shape index (κ2) is 11.5. The highest BCUT2D eigenvalue weighted by Gasteiger charge is 2.10. The molecule has 0 amide bonds. The van der Waals surface area contributed by atoms with E-state index in [0.29, 0.717) is 19.7 Å². The lowest BCUT2D eigenvalue weighted by Crippen LogP contribution is -2.41. The first-order valence-corrected chi connectivity index (χ1v) is 10.6. The van der Waals surface area contributed by atoms with Crippen LogP contribution in [0.3, 0.4) is 0 Å². The summed E-state index contributed by atoms with van der Waals surface area (Å²) in [4.78, 5) is 6.66. The molecule has 0 aliphatic rings. The van der Waals surface area contributed by atoms with Crippen LogP contribution in [0.4, 0.5) is 4.39 Å². The summed E-state index contributed by atoms with van der Waals surface area (Å²) >= 11 is 1.82. The van der Waals surface area contributed by atoms with Crippen molar-refractivity contribution in [2.75, 3.05) is 38.8 Å². The zero-order chi connectivity index (χ0) is 20.4. The van der Waals surface area contributed by atoms with Crippen molar-refractivity contribution in [3.63, 3.8) is 0 Å². The summed E-state index contributed by atoms with van der Waals surface area (Å²) in [6.07, 6.45) is 3.14. The zero-order valence-electron chi connectivity index (χ0n) is 17.0. The Hall–Kier alpha value is -2.29. The van der Waals surface area contributed by atoms with Gasteiger partial charge in [0, 0.05) is 20.6 Å². The number of aromatic nitrogens is 3. The second-order valence-electron chi connectivity index (χ2n) is 6.34. The molecule has 0 aliphatic carbocycles. The minimum absolute atomic E-state index is 0.261. The molecule has 0 bridgehead atoms. The van der Waals surface area contributed by atoms with E-state index in [1.807, 2.05) is 42.2 Å². The number of aliphatic imine (C=N–C) groups is 1. The van der Waals surface area contributed by atoms with E-state index in [0.717, 1.165) is 36.3 Å². The van der Waals surface area contributed by atoms with Gasteiger partial charge in [0.2, 0.25) is 0 Å². The molecule has 154 valence electrons. The molecular weight excluding hydrogens is 379 g/mol. The van der Waals surface area contributed by atoms with Crippen molar-refractivity contribution in [1.29, 1.82) is 0 Å². The number of benzene rings is 1. The fourth-order valence-corrected chi connectivity index (χ4v) is 2.86.